The van der Waals surface area contributed by atoms with Crippen molar-refractivity contribution in [3.63, 3.8) is 0 Å². The number of benzene rings is 1. The summed E-state index contributed by atoms with van der Waals surface area (Å²) in [6.07, 6.45) is -0.480. The van der Waals surface area contributed by atoms with Gasteiger partial charge in [-0.3, -0.25) is 20.3 Å². The van der Waals surface area contributed by atoms with Gasteiger partial charge in [0.15, 0.2) is 10.9 Å². The molecule has 0 saturated heterocycles. The first kappa shape index (κ1) is 30.0. The van der Waals surface area contributed by atoms with Gasteiger partial charge in [0.25, 0.3) is 0 Å². The highest BCUT2D eigenvalue weighted by Crippen LogP contribution is 2.36. The summed E-state index contributed by atoms with van der Waals surface area (Å²) in [5.41, 5.74) is 1.37. The lowest BCUT2D eigenvalue weighted by atomic mass is 9.82. The van der Waals surface area contributed by atoms with Crippen LogP contribution in [0.1, 0.15) is 65.3 Å². The minimum absolute atomic E-state index is 0.148. The standard InChI is InChI=1S/C26H39N5O5S/c1-17(32)28-21-29-20(16-37-21)12-11-18-9-8-10-19(15-18)13-14-27-26(24(2,3)4,30-22(33)34)31(23(35)36)25(5,6)7/h8-10,15-16,27,30H,11-14H2,1-7H3,(H,33,34)(H,35,36)(H,28,29,32). The van der Waals surface area contributed by atoms with Crippen molar-refractivity contribution in [2.75, 3.05) is 11.9 Å². The van der Waals surface area contributed by atoms with Crippen LogP contribution in [0.15, 0.2) is 29.6 Å². The Morgan fingerprint density at radius 1 is 1.00 bits per heavy atom. The van der Waals surface area contributed by atoms with Gasteiger partial charge in [0, 0.05) is 29.8 Å². The molecule has 5 N–H and O–H groups in total. The average molecular weight is 534 g/mol. The van der Waals surface area contributed by atoms with Crippen LogP contribution in [-0.4, -0.2) is 56.1 Å². The van der Waals surface area contributed by atoms with Crippen LogP contribution in [0.25, 0.3) is 0 Å². The maximum Gasteiger partial charge on any atom is 0.410 e. The number of nitrogens with one attached hydrogen (secondary N) is 3. The van der Waals surface area contributed by atoms with Crippen molar-refractivity contribution < 1.29 is 24.6 Å². The second-order valence-corrected chi connectivity index (χ2v) is 11.9. The summed E-state index contributed by atoms with van der Waals surface area (Å²) in [6.45, 7) is 12.4. The monoisotopic (exact) mass is 533 g/mol. The third kappa shape index (κ3) is 8.16. The van der Waals surface area contributed by atoms with Crippen LogP contribution in [0.3, 0.4) is 0 Å². The van der Waals surface area contributed by atoms with Gasteiger partial charge in [-0.05, 0) is 51.2 Å². The largest absolute Gasteiger partial charge is 0.465 e. The molecule has 1 unspecified atom stereocenters. The number of thiazole rings is 1. The zero-order valence-electron chi connectivity index (χ0n) is 22.6. The van der Waals surface area contributed by atoms with Gasteiger partial charge >= 0.3 is 12.2 Å². The molecule has 11 heteroatoms. The van der Waals surface area contributed by atoms with Crippen molar-refractivity contribution in [3.8, 4) is 0 Å². The molecule has 37 heavy (non-hydrogen) atoms. The molecule has 0 aliphatic carbocycles. The fraction of sp³-hybridized carbons (Fsp3) is 0.538. The van der Waals surface area contributed by atoms with Crippen LogP contribution in [0.4, 0.5) is 14.7 Å². The minimum atomic E-state index is -1.57. The summed E-state index contributed by atoms with van der Waals surface area (Å²) >= 11 is 1.40. The number of hydrogen-bond donors (Lipinski definition) is 5. The molecule has 1 atom stereocenters. The summed E-state index contributed by atoms with van der Waals surface area (Å²) in [5, 5.41) is 30.7. The van der Waals surface area contributed by atoms with E-state index in [1.165, 1.54) is 18.3 Å². The van der Waals surface area contributed by atoms with Gasteiger partial charge in [-0.15, -0.1) is 11.3 Å². The van der Waals surface area contributed by atoms with Crippen molar-refractivity contribution >= 4 is 34.6 Å². The number of anilines is 1. The zero-order valence-corrected chi connectivity index (χ0v) is 23.5. The molecule has 0 fully saturated rings. The molecule has 1 aromatic carbocycles. The Morgan fingerprint density at radius 3 is 2.14 bits per heavy atom. The van der Waals surface area contributed by atoms with E-state index in [2.05, 4.69) is 27.0 Å². The van der Waals surface area contributed by atoms with E-state index in [9.17, 15) is 24.6 Å². The third-order valence-corrected chi connectivity index (χ3v) is 6.67. The number of carbonyl (C=O) groups excluding carboxylic acids is 1. The third-order valence-electron chi connectivity index (χ3n) is 5.86. The number of aromatic nitrogens is 1. The number of amides is 3. The molecule has 0 aliphatic rings. The molecule has 0 aliphatic heterocycles. The Hall–Kier alpha value is -3.18. The fourth-order valence-electron chi connectivity index (χ4n) is 4.29. The van der Waals surface area contributed by atoms with Crippen molar-refractivity contribution in [1.82, 2.24) is 20.5 Å². The Bertz CT molecular complexity index is 1110. The van der Waals surface area contributed by atoms with Crippen molar-refractivity contribution in [2.24, 2.45) is 5.41 Å². The first-order valence-corrected chi connectivity index (χ1v) is 13.0. The summed E-state index contributed by atoms with van der Waals surface area (Å²) in [4.78, 5) is 41.0. The van der Waals surface area contributed by atoms with Crippen molar-refractivity contribution in [1.29, 1.82) is 0 Å². The molecular weight excluding hydrogens is 494 g/mol. The summed E-state index contributed by atoms with van der Waals surface area (Å²) < 4.78 is 0. The Labute approximate surface area is 222 Å². The molecule has 0 spiro atoms. The highest BCUT2D eigenvalue weighted by atomic mass is 32.1. The smallest absolute Gasteiger partial charge is 0.410 e. The van der Waals surface area contributed by atoms with Crippen LogP contribution < -0.4 is 16.0 Å². The zero-order chi connectivity index (χ0) is 28.0. The molecule has 1 heterocycles. The second kappa shape index (κ2) is 11.9. The number of carboxylic acid groups (broad SMARTS) is 2. The van der Waals surface area contributed by atoms with Crippen molar-refractivity contribution in [3.05, 3.63) is 46.5 Å². The van der Waals surface area contributed by atoms with Crippen LogP contribution in [0.2, 0.25) is 0 Å². The topological polar surface area (TPSA) is 144 Å². The van der Waals surface area contributed by atoms with Crippen LogP contribution in [-0.2, 0) is 24.1 Å². The molecule has 3 amide bonds. The Balaban J connectivity index is 2.17. The van der Waals surface area contributed by atoms with Gasteiger partial charge in [0.1, 0.15) is 0 Å². The van der Waals surface area contributed by atoms with E-state index in [0.29, 0.717) is 18.1 Å². The van der Waals surface area contributed by atoms with E-state index in [-0.39, 0.29) is 5.91 Å². The van der Waals surface area contributed by atoms with E-state index < -0.39 is 28.9 Å². The fourth-order valence-corrected chi connectivity index (χ4v) is 5.08. The van der Waals surface area contributed by atoms with Crippen LogP contribution in [0.5, 0.6) is 0 Å². The number of hydrogen-bond acceptors (Lipinski definition) is 6. The predicted molar refractivity (Wildman–Crippen MR) is 145 cm³/mol. The normalized spacial score (nSPS) is 13.5. The molecule has 0 bridgehead atoms. The van der Waals surface area contributed by atoms with Gasteiger partial charge in [-0.25, -0.2) is 14.6 Å². The van der Waals surface area contributed by atoms with E-state index in [1.54, 1.807) is 41.5 Å². The SMILES string of the molecule is CC(=O)Nc1nc(CCc2cccc(CCNC(NC(=O)O)(N(C(=O)O)C(C)(C)C)C(C)(C)C)c2)cs1. The van der Waals surface area contributed by atoms with Gasteiger partial charge in [0.05, 0.1) is 5.69 Å². The lowest BCUT2D eigenvalue weighted by Crippen LogP contribution is -2.79. The number of rotatable bonds is 10. The van der Waals surface area contributed by atoms with Crippen LogP contribution in [0, 0.1) is 5.41 Å². The highest BCUT2D eigenvalue weighted by Gasteiger charge is 2.54. The first-order valence-electron chi connectivity index (χ1n) is 12.1. The van der Waals surface area contributed by atoms with E-state index in [4.69, 9.17) is 0 Å². The molecule has 1 aromatic heterocycles. The Morgan fingerprint density at radius 2 is 1.62 bits per heavy atom. The molecule has 10 nitrogen and oxygen atoms in total. The second-order valence-electron chi connectivity index (χ2n) is 11.0. The maximum atomic E-state index is 12.4. The minimum Gasteiger partial charge on any atom is -0.465 e. The summed E-state index contributed by atoms with van der Waals surface area (Å²) in [5.74, 6) is -1.72. The van der Waals surface area contributed by atoms with Gasteiger partial charge in [-0.1, -0.05) is 45.0 Å². The number of aryl methyl sites for hydroxylation is 2. The van der Waals surface area contributed by atoms with Gasteiger partial charge in [-0.2, -0.15) is 0 Å². The van der Waals surface area contributed by atoms with Gasteiger partial charge in [0.2, 0.25) is 5.91 Å². The molecule has 204 valence electrons. The Kier molecular flexibility index (Phi) is 9.67. The molecular formula is C26H39N5O5S. The molecule has 2 aromatic rings. The summed E-state index contributed by atoms with van der Waals surface area (Å²) in [6, 6.07) is 8.09. The van der Waals surface area contributed by atoms with E-state index >= 15 is 0 Å². The molecule has 0 radical (unpaired) electrons. The number of carbonyl (C=O) groups is 3. The predicted octanol–water partition coefficient (Wildman–Crippen LogP) is 4.76. The molecule has 2 rings (SSSR count). The van der Waals surface area contributed by atoms with Crippen LogP contribution >= 0.6 is 11.3 Å². The average Bonchev–Trinajstić information content (AvgIpc) is 3.16. The van der Waals surface area contributed by atoms with E-state index in [1.807, 2.05) is 23.6 Å². The maximum absolute atomic E-state index is 12.4. The number of nitrogens with zero attached hydrogens (tertiary/aromatic N) is 2. The lowest BCUT2D eigenvalue weighted by Gasteiger charge is -2.55. The first-order chi connectivity index (χ1) is 17.0. The highest BCUT2D eigenvalue weighted by molar-refractivity contribution is 7.13. The summed E-state index contributed by atoms with van der Waals surface area (Å²) in [7, 11) is 0. The van der Waals surface area contributed by atoms with Gasteiger partial charge < -0.3 is 15.5 Å². The quantitative estimate of drug-likeness (QED) is 0.277. The van der Waals surface area contributed by atoms with Crippen molar-refractivity contribution in [2.45, 2.75) is 79.1 Å². The molecule has 0 saturated carbocycles. The van der Waals surface area contributed by atoms with E-state index in [0.717, 1.165) is 34.6 Å². The lowest BCUT2D eigenvalue weighted by molar-refractivity contribution is -0.114.